The highest BCUT2D eigenvalue weighted by Gasteiger charge is 2.06. The molecule has 0 saturated heterocycles. The van der Waals surface area contributed by atoms with E-state index in [9.17, 15) is 4.39 Å². The molecule has 3 N–H and O–H groups in total. The van der Waals surface area contributed by atoms with Gasteiger partial charge in [-0.15, -0.1) is 0 Å². The summed E-state index contributed by atoms with van der Waals surface area (Å²) >= 11 is 0. The minimum absolute atomic E-state index is 0.302. The molecule has 0 unspecified atom stereocenters. The van der Waals surface area contributed by atoms with Crippen molar-refractivity contribution < 1.29 is 4.39 Å². The van der Waals surface area contributed by atoms with Crippen LogP contribution in [-0.4, -0.2) is 4.98 Å². The summed E-state index contributed by atoms with van der Waals surface area (Å²) in [4.78, 5) is 4.06. The topological polar surface area (TPSA) is 74.7 Å². The number of nitriles is 1. The van der Waals surface area contributed by atoms with Crippen LogP contribution >= 0.6 is 0 Å². The van der Waals surface area contributed by atoms with Crippen LogP contribution in [0.3, 0.4) is 0 Å². The summed E-state index contributed by atoms with van der Waals surface area (Å²) in [5, 5.41) is 12.0. The van der Waals surface area contributed by atoms with Crippen LogP contribution in [0.4, 0.5) is 21.6 Å². The van der Waals surface area contributed by atoms with E-state index >= 15 is 0 Å². The van der Waals surface area contributed by atoms with E-state index in [0.29, 0.717) is 22.8 Å². The third-order valence-corrected chi connectivity index (χ3v) is 2.47. The second-order valence-corrected chi connectivity index (χ2v) is 3.86. The Kier molecular flexibility index (Phi) is 3.11. The Balaban J connectivity index is 2.37. The number of nitrogens with zero attached hydrogens (tertiary/aromatic N) is 2. The van der Waals surface area contributed by atoms with Gasteiger partial charge in [0.2, 0.25) is 0 Å². The first kappa shape index (κ1) is 11.9. The number of anilines is 3. The Morgan fingerprint density at radius 1 is 1.39 bits per heavy atom. The van der Waals surface area contributed by atoms with Gasteiger partial charge < -0.3 is 11.1 Å². The number of pyridine rings is 1. The van der Waals surface area contributed by atoms with E-state index in [4.69, 9.17) is 11.0 Å². The summed E-state index contributed by atoms with van der Waals surface area (Å²) in [6.07, 6.45) is 1.46. The molecular weight excluding hydrogens is 231 g/mol. The highest BCUT2D eigenvalue weighted by Crippen LogP contribution is 2.23. The molecule has 0 amide bonds. The number of hydrogen-bond acceptors (Lipinski definition) is 4. The van der Waals surface area contributed by atoms with Crippen molar-refractivity contribution in [2.24, 2.45) is 0 Å². The molecule has 0 saturated carbocycles. The molecule has 0 aliphatic rings. The number of aromatic nitrogens is 1. The monoisotopic (exact) mass is 242 g/mol. The molecule has 0 spiro atoms. The van der Waals surface area contributed by atoms with Crippen molar-refractivity contribution >= 4 is 17.2 Å². The SMILES string of the molecule is Cc1cc(F)ccc1Nc1ncc(N)cc1C#N. The van der Waals surface area contributed by atoms with Crippen LogP contribution in [0.15, 0.2) is 30.5 Å². The van der Waals surface area contributed by atoms with Gasteiger partial charge in [-0.1, -0.05) is 0 Å². The van der Waals surface area contributed by atoms with E-state index in [1.165, 1.54) is 24.4 Å². The lowest BCUT2D eigenvalue weighted by Gasteiger charge is -2.10. The molecule has 0 atom stereocenters. The predicted molar refractivity (Wildman–Crippen MR) is 67.8 cm³/mol. The van der Waals surface area contributed by atoms with E-state index in [-0.39, 0.29) is 5.82 Å². The van der Waals surface area contributed by atoms with Crippen molar-refractivity contribution in [3.63, 3.8) is 0 Å². The maximum atomic E-state index is 13.0. The van der Waals surface area contributed by atoms with Gasteiger partial charge in [-0.25, -0.2) is 9.37 Å². The molecule has 5 heteroatoms. The highest BCUT2D eigenvalue weighted by molar-refractivity contribution is 5.66. The Morgan fingerprint density at radius 2 is 2.17 bits per heavy atom. The van der Waals surface area contributed by atoms with Crippen LogP contribution in [0.5, 0.6) is 0 Å². The van der Waals surface area contributed by atoms with Crippen molar-refractivity contribution in [1.82, 2.24) is 4.98 Å². The second kappa shape index (κ2) is 4.72. The predicted octanol–water partition coefficient (Wildman–Crippen LogP) is 2.73. The summed E-state index contributed by atoms with van der Waals surface area (Å²) in [5.41, 5.74) is 7.76. The first-order valence-corrected chi connectivity index (χ1v) is 5.29. The van der Waals surface area contributed by atoms with Crippen molar-refractivity contribution in [3.05, 3.63) is 47.4 Å². The highest BCUT2D eigenvalue weighted by atomic mass is 19.1. The Bertz CT molecular complexity index is 631. The van der Waals surface area contributed by atoms with Crippen LogP contribution in [0.1, 0.15) is 11.1 Å². The molecule has 2 rings (SSSR count). The van der Waals surface area contributed by atoms with Crippen LogP contribution in [0.25, 0.3) is 0 Å². The molecule has 0 bridgehead atoms. The summed E-state index contributed by atoms with van der Waals surface area (Å²) in [7, 11) is 0. The Hall–Kier alpha value is -2.61. The van der Waals surface area contributed by atoms with Crippen LogP contribution in [0.2, 0.25) is 0 Å². The van der Waals surface area contributed by atoms with Crippen LogP contribution in [0, 0.1) is 24.1 Å². The average molecular weight is 242 g/mol. The van der Waals surface area contributed by atoms with E-state index < -0.39 is 0 Å². The number of benzene rings is 1. The van der Waals surface area contributed by atoms with E-state index in [2.05, 4.69) is 10.3 Å². The molecule has 4 nitrogen and oxygen atoms in total. The number of nitrogen functional groups attached to an aromatic ring is 1. The van der Waals surface area contributed by atoms with Gasteiger partial charge in [-0.2, -0.15) is 5.26 Å². The zero-order valence-corrected chi connectivity index (χ0v) is 9.74. The minimum atomic E-state index is -0.302. The van der Waals surface area contributed by atoms with Gasteiger partial charge in [-0.3, -0.25) is 0 Å². The van der Waals surface area contributed by atoms with Gasteiger partial charge in [-0.05, 0) is 36.8 Å². The van der Waals surface area contributed by atoms with Crippen molar-refractivity contribution in [1.29, 1.82) is 5.26 Å². The third kappa shape index (κ3) is 2.38. The molecule has 18 heavy (non-hydrogen) atoms. The first-order valence-electron chi connectivity index (χ1n) is 5.29. The molecule has 2 aromatic rings. The lowest BCUT2D eigenvalue weighted by molar-refractivity contribution is 0.627. The number of halogens is 1. The number of hydrogen-bond donors (Lipinski definition) is 2. The quantitative estimate of drug-likeness (QED) is 0.849. The molecule has 1 aromatic heterocycles. The van der Waals surface area contributed by atoms with Gasteiger partial charge in [0.1, 0.15) is 17.7 Å². The largest absolute Gasteiger partial charge is 0.397 e. The van der Waals surface area contributed by atoms with Gasteiger partial charge in [0.25, 0.3) is 0 Å². The Morgan fingerprint density at radius 3 is 2.83 bits per heavy atom. The smallest absolute Gasteiger partial charge is 0.148 e. The van der Waals surface area contributed by atoms with Crippen molar-refractivity contribution in [3.8, 4) is 6.07 Å². The molecular formula is C13H11FN4. The number of nitrogens with one attached hydrogen (secondary N) is 1. The van der Waals surface area contributed by atoms with Crippen molar-refractivity contribution in [2.45, 2.75) is 6.92 Å². The molecule has 0 radical (unpaired) electrons. The molecule has 0 fully saturated rings. The van der Waals surface area contributed by atoms with Crippen LogP contribution in [-0.2, 0) is 0 Å². The van der Waals surface area contributed by atoms with E-state index in [1.807, 2.05) is 6.07 Å². The molecule has 1 aromatic carbocycles. The summed E-state index contributed by atoms with van der Waals surface area (Å²) in [6.45, 7) is 1.77. The molecule has 90 valence electrons. The van der Waals surface area contributed by atoms with Gasteiger partial charge >= 0.3 is 0 Å². The van der Waals surface area contributed by atoms with E-state index in [1.54, 1.807) is 13.0 Å². The number of aryl methyl sites for hydroxylation is 1. The molecule has 1 heterocycles. The van der Waals surface area contributed by atoms with Gasteiger partial charge in [0.05, 0.1) is 17.4 Å². The van der Waals surface area contributed by atoms with Gasteiger partial charge in [0.15, 0.2) is 0 Å². The third-order valence-electron chi connectivity index (χ3n) is 2.47. The van der Waals surface area contributed by atoms with Crippen LogP contribution < -0.4 is 11.1 Å². The maximum Gasteiger partial charge on any atom is 0.148 e. The average Bonchev–Trinajstić information content (AvgIpc) is 2.34. The summed E-state index contributed by atoms with van der Waals surface area (Å²) in [5.74, 6) is 0.102. The van der Waals surface area contributed by atoms with Crippen molar-refractivity contribution in [2.75, 3.05) is 11.1 Å². The normalized spacial score (nSPS) is 9.83. The number of nitrogens with two attached hydrogens (primary N) is 1. The molecule has 0 aliphatic heterocycles. The number of rotatable bonds is 2. The first-order chi connectivity index (χ1) is 8.60. The lowest BCUT2D eigenvalue weighted by Crippen LogP contribution is -2.00. The fourth-order valence-corrected chi connectivity index (χ4v) is 1.56. The fourth-order valence-electron chi connectivity index (χ4n) is 1.56. The second-order valence-electron chi connectivity index (χ2n) is 3.86. The zero-order valence-electron chi connectivity index (χ0n) is 9.74. The maximum absolute atomic E-state index is 13.0. The molecule has 0 aliphatic carbocycles. The minimum Gasteiger partial charge on any atom is -0.397 e. The zero-order chi connectivity index (χ0) is 13.1. The Labute approximate surface area is 104 Å². The summed E-state index contributed by atoms with van der Waals surface area (Å²) < 4.78 is 13.0. The fraction of sp³-hybridized carbons (Fsp3) is 0.0769. The lowest BCUT2D eigenvalue weighted by atomic mass is 10.2. The van der Waals surface area contributed by atoms with E-state index in [0.717, 1.165) is 5.56 Å². The van der Waals surface area contributed by atoms with Gasteiger partial charge in [0, 0.05) is 5.69 Å². The standard InChI is InChI=1S/C13H11FN4/c1-8-4-10(14)2-3-12(8)18-13-9(6-15)5-11(16)7-17-13/h2-5,7H,16H2,1H3,(H,17,18). The summed E-state index contributed by atoms with van der Waals surface area (Å²) in [6, 6.07) is 7.90.